The summed E-state index contributed by atoms with van der Waals surface area (Å²) in [6, 6.07) is 6.03. The van der Waals surface area contributed by atoms with Crippen molar-refractivity contribution in [3.63, 3.8) is 0 Å². The zero-order chi connectivity index (χ0) is 14.3. The van der Waals surface area contributed by atoms with Crippen molar-refractivity contribution < 1.29 is 9.84 Å². The van der Waals surface area contributed by atoms with E-state index >= 15 is 0 Å². The first-order chi connectivity index (χ1) is 8.92. The molecule has 0 heterocycles. The first-order valence-corrected chi connectivity index (χ1v) is 6.75. The van der Waals surface area contributed by atoms with Crippen LogP contribution in [0.25, 0.3) is 0 Å². The lowest BCUT2D eigenvalue weighted by Gasteiger charge is -2.18. The Hall–Kier alpha value is -1.46. The smallest absolute Gasteiger partial charge is 0.134 e. The number of hydrogen-bond acceptors (Lipinski definition) is 2. The van der Waals surface area contributed by atoms with Crippen LogP contribution < -0.4 is 4.74 Å². The molecular formula is C17H24O2. The van der Waals surface area contributed by atoms with Gasteiger partial charge in [-0.2, -0.15) is 0 Å². The van der Waals surface area contributed by atoms with Crippen LogP contribution in [0.4, 0.5) is 0 Å². The molecule has 1 aromatic rings. The molecule has 19 heavy (non-hydrogen) atoms. The number of aliphatic hydroxyl groups excluding tert-OH is 1. The summed E-state index contributed by atoms with van der Waals surface area (Å²) in [5.74, 6) is 6.85. The van der Waals surface area contributed by atoms with Crippen LogP contribution in [0, 0.1) is 24.2 Å². The quantitative estimate of drug-likeness (QED) is 0.839. The highest BCUT2D eigenvalue weighted by Crippen LogP contribution is 2.22. The second-order valence-corrected chi connectivity index (χ2v) is 5.93. The summed E-state index contributed by atoms with van der Waals surface area (Å²) < 4.78 is 5.83. The number of rotatable bonds is 4. The number of benzene rings is 1. The molecule has 0 aliphatic carbocycles. The number of hydrogen-bond donors (Lipinski definition) is 1. The van der Waals surface area contributed by atoms with E-state index in [1.54, 1.807) is 0 Å². The second-order valence-electron chi connectivity index (χ2n) is 5.93. The highest BCUT2D eigenvalue weighted by atomic mass is 16.5. The summed E-state index contributed by atoms with van der Waals surface area (Å²) in [5.41, 5.74) is 2.34. The van der Waals surface area contributed by atoms with E-state index in [4.69, 9.17) is 9.84 Å². The summed E-state index contributed by atoms with van der Waals surface area (Å²) in [6.45, 7) is 9.44. The van der Waals surface area contributed by atoms with E-state index < -0.39 is 0 Å². The van der Waals surface area contributed by atoms with E-state index in [0.717, 1.165) is 23.3 Å². The maximum absolute atomic E-state index is 8.77. The van der Waals surface area contributed by atoms with Gasteiger partial charge in [-0.1, -0.05) is 38.7 Å². The molecule has 1 N–H and O–H groups in total. The van der Waals surface area contributed by atoms with Gasteiger partial charge in [-0.15, -0.1) is 0 Å². The van der Waals surface area contributed by atoms with Gasteiger partial charge in [0.15, 0.2) is 0 Å². The van der Waals surface area contributed by atoms with Crippen molar-refractivity contribution in [3.05, 3.63) is 29.3 Å². The molecule has 0 radical (unpaired) electrons. The van der Waals surface area contributed by atoms with Crippen molar-refractivity contribution in [1.29, 1.82) is 0 Å². The van der Waals surface area contributed by atoms with Gasteiger partial charge in [0.05, 0.1) is 18.8 Å². The van der Waals surface area contributed by atoms with Gasteiger partial charge in [-0.05, 0) is 36.5 Å². The van der Waals surface area contributed by atoms with Crippen LogP contribution in [0.3, 0.4) is 0 Å². The summed E-state index contributed by atoms with van der Waals surface area (Å²) in [7, 11) is 0. The van der Waals surface area contributed by atoms with Crippen molar-refractivity contribution in [1.82, 2.24) is 0 Å². The van der Waals surface area contributed by atoms with Crippen LogP contribution in [-0.2, 0) is 0 Å². The van der Waals surface area contributed by atoms with Crippen molar-refractivity contribution >= 4 is 0 Å². The van der Waals surface area contributed by atoms with Gasteiger partial charge in [-0.3, -0.25) is 0 Å². The Bertz CT molecular complexity index is 458. The van der Waals surface area contributed by atoms with Crippen molar-refractivity contribution in [3.8, 4) is 17.6 Å². The molecule has 0 aliphatic rings. The maximum atomic E-state index is 8.77. The fourth-order valence-electron chi connectivity index (χ4n) is 1.55. The minimum absolute atomic E-state index is 0.0963. The fourth-order valence-corrected chi connectivity index (χ4v) is 1.55. The average Bonchev–Trinajstić information content (AvgIpc) is 2.30. The number of aryl methyl sites for hydroxylation is 1. The highest BCUT2D eigenvalue weighted by molar-refractivity contribution is 5.48. The SMILES string of the molecule is Cc1ccc(OCCC(C)(C)C)c(C#CCCO)c1. The molecule has 1 rings (SSSR count). The molecule has 0 aliphatic heterocycles. The molecule has 2 nitrogen and oxygen atoms in total. The minimum Gasteiger partial charge on any atom is -0.492 e. The third-order valence-electron chi connectivity index (χ3n) is 2.70. The van der Waals surface area contributed by atoms with E-state index in [1.807, 2.05) is 25.1 Å². The summed E-state index contributed by atoms with van der Waals surface area (Å²) in [5, 5.41) is 8.77. The molecule has 0 bridgehead atoms. The predicted octanol–water partition coefficient (Wildman–Crippen LogP) is 3.54. The molecule has 0 amide bonds. The largest absolute Gasteiger partial charge is 0.492 e. The normalized spacial score (nSPS) is 10.8. The van der Waals surface area contributed by atoms with E-state index in [2.05, 4.69) is 32.6 Å². The molecule has 0 unspecified atom stereocenters. The molecule has 0 saturated carbocycles. The van der Waals surface area contributed by atoms with Gasteiger partial charge < -0.3 is 9.84 Å². The van der Waals surface area contributed by atoms with Gasteiger partial charge >= 0.3 is 0 Å². The van der Waals surface area contributed by atoms with Crippen LogP contribution in [-0.4, -0.2) is 18.3 Å². The number of ether oxygens (including phenoxy) is 1. The van der Waals surface area contributed by atoms with E-state index in [0.29, 0.717) is 13.0 Å². The van der Waals surface area contributed by atoms with Crippen LogP contribution in [0.15, 0.2) is 18.2 Å². The van der Waals surface area contributed by atoms with Gasteiger partial charge in [-0.25, -0.2) is 0 Å². The first kappa shape index (κ1) is 15.6. The predicted molar refractivity (Wildman–Crippen MR) is 79.3 cm³/mol. The van der Waals surface area contributed by atoms with Gasteiger partial charge in [0.1, 0.15) is 5.75 Å². The van der Waals surface area contributed by atoms with Crippen molar-refractivity contribution in [2.24, 2.45) is 5.41 Å². The lowest BCUT2D eigenvalue weighted by Crippen LogP contribution is -2.11. The Morgan fingerprint density at radius 2 is 2.00 bits per heavy atom. The van der Waals surface area contributed by atoms with Gasteiger partial charge in [0.25, 0.3) is 0 Å². The zero-order valence-corrected chi connectivity index (χ0v) is 12.4. The van der Waals surface area contributed by atoms with Gasteiger partial charge in [0, 0.05) is 6.42 Å². The molecule has 2 heteroatoms. The molecule has 0 aromatic heterocycles. The topological polar surface area (TPSA) is 29.5 Å². The van der Waals surface area contributed by atoms with E-state index in [1.165, 1.54) is 0 Å². The standard InChI is InChI=1S/C17H24O2/c1-14-8-9-16(19-12-10-17(2,3)4)15(13-14)7-5-6-11-18/h8-9,13,18H,6,10-12H2,1-4H3. The van der Waals surface area contributed by atoms with Gasteiger partial charge in [0.2, 0.25) is 0 Å². The molecular weight excluding hydrogens is 236 g/mol. The average molecular weight is 260 g/mol. The third kappa shape index (κ3) is 6.31. The van der Waals surface area contributed by atoms with Crippen LogP contribution in [0.1, 0.15) is 44.7 Å². The van der Waals surface area contributed by atoms with Crippen LogP contribution in [0.2, 0.25) is 0 Å². The van der Waals surface area contributed by atoms with Crippen molar-refractivity contribution in [2.45, 2.75) is 40.5 Å². The lowest BCUT2D eigenvalue weighted by molar-refractivity contribution is 0.242. The Labute approximate surface area is 116 Å². The molecule has 0 atom stereocenters. The second kappa shape index (κ2) is 7.21. The monoisotopic (exact) mass is 260 g/mol. The Balaban J connectivity index is 2.74. The first-order valence-electron chi connectivity index (χ1n) is 6.75. The molecule has 0 saturated heterocycles. The third-order valence-corrected chi connectivity index (χ3v) is 2.70. The molecule has 104 valence electrons. The van der Waals surface area contributed by atoms with Crippen molar-refractivity contribution in [2.75, 3.05) is 13.2 Å². The summed E-state index contributed by atoms with van der Waals surface area (Å²) in [6.07, 6.45) is 1.50. The number of aliphatic hydroxyl groups is 1. The van der Waals surface area contributed by atoms with Crippen LogP contribution in [0.5, 0.6) is 5.75 Å². The Morgan fingerprint density at radius 3 is 2.63 bits per heavy atom. The maximum Gasteiger partial charge on any atom is 0.134 e. The molecule has 1 aromatic carbocycles. The minimum atomic E-state index is 0.0963. The zero-order valence-electron chi connectivity index (χ0n) is 12.4. The van der Waals surface area contributed by atoms with E-state index in [-0.39, 0.29) is 12.0 Å². The van der Waals surface area contributed by atoms with E-state index in [9.17, 15) is 0 Å². The Kier molecular flexibility index (Phi) is 5.92. The van der Waals surface area contributed by atoms with Crippen LogP contribution >= 0.6 is 0 Å². The highest BCUT2D eigenvalue weighted by Gasteiger charge is 2.10. The summed E-state index contributed by atoms with van der Waals surface area (Å²) >= 11 is 0. The fraction of sp³-hybridized carbons (Fsp3) is 0.529. The molecule has 0 fully saturated rings. The molecule has 0 spiro atoms. The lowest BCUT2D eigenvalue weighted by atomic mass is 9.93. The Morgan fingerprint density at radius 1 is 1.26 bits per heavy atom. The summed E-state index contributed by atoms with van der Waals surface area (Å²) in [4.78, 5) is 0.